The first-order valence-electron chi connectivity index (χ1n) is 12.4. The van der Waals surface area contributed by atoms with Gasteiger partial charge in [-0.15, -0.1) is 0 Å². The molecule has 0 aliphatic heterocycles. The molecule has 0 amide bonds. The molecular formula is C33H21ClN4. The molecule has 0 spiro atoms. The van der Waals surface area contributed by atoms with Crippen LogP contribution in [0.4, 0.5) is 0 Å². The van der Waals surface area contributed by atoms with Crippen molar-refractivity contribution in [3.63, 3.8) is 0 Å². The molecule has 4 nitrogen and oxygen atoms in total. The molecule has 0 N–H and O–H groups in total. The highest BCUT2D eigenvalue weighted by atomic mass is 35.5. The summed E-state index contributed by atoms with van der Waals surface area (Å²) in [5.74, 6) is 1.78. The summed E-state index contributed by atoms with van der Waals surface area (Å²) in [6.45, 7) is 0. The quantitative estimate of drug-likeness (QED) is 0.239. The number of rotatable bonds is 4. The van der Waals surface area contributed by atoms with Crippen LogP contribution in [0.3, 0.4) is 0 Å². The van der Waals surface area contributed by atoms with Crippen LogP contribution in [0.2, 0.25) is 5.02 Å². The smallest absolute Gasteiger partial charge is 0.238 e. The van der Waals surface area contributed by atoms with E-state index in [0.29, 0.717) is 22.6 Å². The minimum absolute atomic E-state index is 0.546. The van der Waals surface area contributed by atoms with E-state index in [2.05, 4.69) is 53.1 Å². The average molecular weight is 509 g/mol. The van der Waals surface area contributed by atoms with Crippen molar-refractivity contribution in [1.29, 1.82) is 0 Å². The first kappa shape index (κ1) is 22.4. The molecule has 0 bridgehead atoms. The Labute approximate surface area is 224 Å². The molecule has 0 aliphatic carbocycles. The van der Waals surface area contributed by atoms with Crippen molar-refractivity contribution in [3.05, 3.63) is 132 Å². The van der Waals surface area contributed by atoms with Crippen molar-refractivity contribution in [1.82, 2.24) is 19.5 Å². The van der Waals surface area contributed by atoms with Crippen molar-refractivity contribution in [3.8, 4) is 39.9 Å². The molecule has 7 aromatic rings. The molecule has 0 saturated heterocycles. The summed E-state index contributed by atoms with van der Waals surface area (Å²) < 4.78 is 2.10. The van der Waals surface area contributed by atoms with Crippen molar-refractivity contribution >= 4 is 33.4 Å². The van der Waals surface area contributed by atoms with E-state index < -0.39 is 0 Å². The van der Waals surface area contributed by atoms with Crippen LogP contribution >= 0.6 is 11.6 Å². The van der Waals surface area contributed by atoms with E-state index in [-0.39, 0.29) is 0 Å². The molecular weight excluding hydrogens is 488 g/mol. The van der Waals surface area contributed by atoms with Gasteiger partial charge in [0, 0.05) is 26.9 Å². The fourth-order valence-corrected chi connectivity index (χ4v) is 5.08. The van der Waals surface area contributed by atoms with Gasteiger partial charge in [-0.1, -0.05) is 121 Å². The van der Waals surface area contributed by atoms with Crippen LogP contribution in [0.25, 0.3) is 61.7 Å². The Hall–Kier alpha value is -4.80. The average Bonchev–Trinajstić information content (AvgIpc) is 3.31. The lowest BCUT2D eigenvalue weighted by atomic mass is 10.0. The molecule has 180 valence electrons. The van der Waals surface area contributed by atoms with Gasteiger partial charge in [0.05, 0.1) is 11.0 Å². The van der Waals surface area contributed by atoms with Gasteiger partial charge >= 0.3 is 0 Å². The second kappa shape index (κ2) is 9.25. The van der Waals surface area contributed by atoms with Gasteiger partial charge in [0.25, 0.3) is 0 Å². The van der Waals surface area contributed by atoms with Crippen LogP contribution < -0.4 is 0 Å². The minimum atomic E-state index is 0.546. The van der Waals surface area contributed by atoms with Gasteiger partial charge in [-0.3, -0.25) is 4.57 Å². The summed E-state index contributed by atoms with van der Waals surface area (Å²) >= 11 is 6.52. The lowest BCUT2D eigenvalue weighted by Crippen LogP contribution is -2.06. The Balaban J connectivity index is 1.56. The SMILES string of the molecule is Clc1ccc2c3ccc(-c4ccccc4)cc3n(-c3nc(-c4ccccc4)nc(-c4ccccc4)n3)c2c1. The van der Waals surface area contributed by atoms with E-state index >= 15 is 0 Å². The zero-order valence-electron chi connectivity index (χ0n) is 20.3. The molecule has 38 heavy (non-hydrogen) atoms. The second-order valence-corrected chi connectivity index (χ2v) is 9.55. The summed E-state index contributed by atoms with van der Waals surface area (Å²) in [6.07, 6.45) is 0. The number of hydrogen-bond acceptors (Lipinski definition) is 3. The lowest BCUT2D eigenvalue weighted by Gasteiger charge is -2.11. The number of benzene rings is 5. The lowest BCUT2D eigenvalue weighted by molar-refractivity contribution is 0.953. The molecule has 7 rings (SSSR count). The summed E-state index contributed by atoms with van der Waals surface area (Å²) in [4.78, 5) is 14.9. The van der Waals surface area contributed by atoms with E-state index in [0.717, 1.165) is 44.1 Å². The first-order valence-corrected chi connectivity index (χ1v) is 12.8. The first-order chi connectivity index (χ1) is 18.7. The molecule has 0 aliphatic rings. The van der Waals surface area contributed by atoms with Crippen LogP contribution in [0, 0.1) is 0 Å². The fourth-order valence-electron chi connectivity index (χ4n) is 4.91. The number of nitrogens with zero attached hydrogens (tertiary/aromatic N) is 4. The Kier molecular flexibility index (Phi) is 5.46. The molecule has 5 aromatic carbocycles. The topological polar surface area (TPSA) is 43.6 Å². The van der Waals surface area contributed by atoms with Gasteiger partial charge in [-0.25, -0.2) is 4.98 Å². The number of hydrogen-bond donors (Lipinski definition) is 0. The highest BCUT2D eigenvalue weighted by Crippen LogP contribution is 2.36. The standard InChI is InChI=1S/C33H21ClN4/c34-26-17-19-28-27-18-16-25(22-10-4-1-5-11-22)20-29(27)38(30(28)21-26)33-36-31(23-12-6-2-7-13-23)35-32(37-33)24-14-8-3-9-15-24/h1-21H. The Morgan fingerprint density at radius 1 is 0.447 bits per heavy atom. The monoisotopic (exact) mass is 508 g/mol. The van der Waals surface area contributed by atoms with Crippen molar-refractivity contribution in [2.45, 2.75) is 0 Å². The van der Waals surface area contributed by atoms with E-state index in [1.165, 1.54) is 0 Å². The van der Waals surface area contributed by atoms with Gasteiger partial charge in [-0.05, 0) is 29.3 Å². The normalized spacial score (nSPS) is 11.3. The zero-order chi connectivity index (χ0) is 25.5. The molecule has 0 unspecified atom stereocenters. The van der Waals surface area contributed by atoms with E-state index in [4.69, 9.17) is 26.6 Å². The molecule has 2 heterocycles. The summed E-state index contributed by atoms with van der Waals surface area (Å²) in [6, 6.07) is 42.9. The maximum Gasteiger partial charge on any atom is 0.238 e. The summed E-state index contributed by atoms with van der Waals surface area (Å²) in [5.41, 5.74) is 6.08. The van der Waals surface area contributed by atoms with Gasteiger partial charge in [0.15, 0.2) is 11.6 Å². The molecule has 0 fully saturated rings. The number of halogens is 1. The van der Waals surface area contributed by atoms with Gasteiger partial charge in [-0.2, -0.15) is 9.97 Å². The van der Waals surface area contributed by atoms with Crippen LogP contribution in [-0.4, -0.2) is 19.5 Å². The van der Waals surface area contributed by atoms with Crippen molar-refractivity contribution in [2.24, 2.45) is 0 Å². The summed E-state index contributed by atoms with van der Waals surface area (Å²) in [7, 11) is 0. The van der Waals surface area contributed by atoms with E-state index in [9.17, 15) is 0 Å². The maximum absolute atomic E-state index is 6.52. The fraction of sp³-hybridized carbons (Fsp3) is 0. The largest absolute Gasteiger partial charge is 0.278 e. The molecule has 2 aromatic heterocycles. The van der Waals surface area contributed by atoms with Crippen molar-refractivity contribution in [2.75, 3.05) is 0 Å². The Morgan fingerprint density at radius 2 is 0.947 bits per heavy atom. The maximum atomic E-state index is 6.52. The Morgan fingerprint density at radius 3 is 1.53 bits per heavy atom. The second-order valence-electron chi connectivity index (χ2n) is 9.11. The third-order valence-electron chi connectivity index (χ3n) is 6.72. The van der Waals surface area contributed by atoms with Crippen molar-refractivity contribution < 1.29 is 0 Å². The molecule has 0 saturated carbocycles. The van der Waals surface area contributed by atoms with Gasteiger partial charge < -0.3 is 0 Å². The van der Waals surface area contributed by atoms with Gasteiger partial charge in [0.2, 0.25) is 5.95 Å². The zero-order valence-corrected chi connectivity index (χ0v) is 21.0. The minimum Gasteiger partial charge on any atom is -0.278 e. The third kappa shape index (κ3) is 3.92. The van der Waals surface area contributed by atoms with E-state index in [1.807, 2.05) is 78.9 Å². The molecule has 0 radical (unpaired) electrons. The van der Waals surface area contributed by atoms with Gasteiger partial charge in [0.1, 0.15) is 0 Å². The highest BCUT2D eigenvalue weighted by Gasteiger charge is 2.18. The number of aromatic nitrogens is 4. The van der Waals surface area contributed by atoms with Crippen LogP contribution in [0.1, 0.15) is 0 Å². The summed E-state index contributed by atoms with van der Waals surface area (Å²) in [5, 5.41) is 2.86. The number of fused-ring (bicyclic) bond motifs is 3. The Bertz CT molecular complexity index is 1860. The van der Waals surface area contributed by atoms with Crippen LogP contribution in [0.5, 0.6) is 0 Å². The predicted molar refractivity (Wildman–Crippen MR) is 155 cm³/mol. The highest BCUT2D eigenvalue weighted by molar-refractivity contribution is 6.31. The molecule has 0 atom stereocenters. The van der Waals surface area contributed by atoms with Crippen LogP contribution in [-0.2, 0) is 0 Å². The third-order valence-corrected chi connectivity index (χ3v) is 6.96. The predicted octanol–water partition coefficient (Wildman–Crippen LogP) is 8.62. The molecule has 5 heteroatoms. The van der Waals surface area contributed by atoms with Crippen LogP contribution in [0.15, 0.2) is 127 Å². The van der Waals surface area contributed by atoms with E-state index in [1.54, 1.807) is 0 Å².